The van der Waals surface area contributed by atoms with Crippen LogP contribution in [0.5, 0.6) is 5.75 Å². The fourth-order valence-corrected chi connectivity index (χ4v) is 1.63. The monoisotopic (exact) mass is 281 g/mol. The van der Waals surface area contributed by atoms with E-state index in [0.717, 1.165) is 0 Å². The highest BCUT2D eigenvalue weighted by Gasteiger charge is 2.19. The molecule has 0 saturated carbocycles. The zero-order chi connectivity index (χ0) is 12.1. The third kappa shape index (κ3) is 2.12. The third-order valence-electron chi connectivity index (χ3n) is 2.04. The van der Waals surface area contributed by atoms with Crippen LogP contribution in [-0.2, 0) is 0 Å². The van der Waals surface area contributed by atoms with Crippen LogP contribution in [0.15, 0.2) is 12.1 Å². The summed E-state index contributed by atoms with van der Waals surface area (Å²) >= 11 is 3.02. The molecule has 0 heterocycles. The number of rotatable bonds is 4. The minimum Gasteiger partial charge on any atom is -0.495 e. The molecule has 0 radical (unpaired) electrons. The molecular formula is C11H8BrNO3. The Morgan fingerprint density at radius 2 is 2.31 bits per heavy atom. The molecule has 1 aromatic carbocycles. The number of alkyl halides is 1. The van der Waals surface area contributed by atoms with Gasteiger partial charge in [-0.3, -0.25) is 9.59 Å². The van der Waals surface area contributed by atoms with E-state index in [1.165, 1.54) is 19.2 Å². The molecule has 0 bridgehead atoms. The first-order chi connectivity index (χ1) is 7.69. The van der Waals surface area contributed by atoms with Crippen LogP contribution in [0.25, 0.3) is 0 Å². The molecule has 0 amide bonds. The maximum absolute atomic E-state index is 11.6. The van der Waals surface area contributed by atoms with E-state index in [4.69, 9.17) is 10.00 Å². The molecule has 0 fully saturated rings. The highest BCUT2D eigenvalue weighted by atomic mass is 79.9. The molecule has 0 aliphatic rings. The van der Waals surface area contributed by atoms with Gasteiger partial charge >= 0.3 is 0 Å². The van der Waals surface area contributed by atoms with Crippen molar-refractivity contribution in [3.05, 3.63) is 28.8 Å². The maximum atomic E-state index is 11.6. The van der Waals surface area contributed by atoms with Gasteiger partial charge in [0.25, 0.3) is 0 Å². The SMILES string of the molecule is COc1c(C=O)ccc(C#N)c1C(=O)CBr. The molecule has 4 nitrogen and oxygen atoms in total. The summed E-state index contributed by atoms with van der Waals surface area (Å²) in [6.45, 7) is 0. The minimum absolute atomic E-state index is 0.0698. The lowest BCUT2D eigenvalue weighted by molar-refractivity contribution is 0.102. The van der Waals surface area contributed by atoms with Gasteiger partial charge in [-0.2, -0.15) is 5.26 Å². The number of benzene rings is 1. The second kappa shape index (κ2) is 5.42. The van der Waals surface area contributed by atoms with Gasteiger partial charge in [0.1, 0.15) is 11.8 Å². The third-order valence-corrected chi connectivity index (χ3v) is 2.55. The first-order valence-electron chi connectivity index (χ1n) is 4.35. The van der Waals surface area contributed by atoms with Crippen molar-refractivity contribution in [2.24, 2.45) is 0 Å². The Bertz CT molecular complexity index is 477. The van der Waals surface area contributed by atoms with E-state index in [9.17, 15) is 9.59 Å². The predicted octanol–water partition coefficient (Wildman–Crippen LogP) is 1.96. The molecule has 1 rings (SSSR count). The van der Waals surface area contributed by atoms with Crippen molar-refractivity contribution in [1.29, 1.82) is 5.26 Å². The van der Waals surface area contributed by atoms with Gasteiger partial charge in [-0.15, -0.1) is 0 Å². The molecule has 82 valence electrons. The molecule has 0 N–H and O–H groups in total. The van der Waals surface area contributed by atoms with Crippen molar-refractivity contribution in [3.63, 3.8) is 0 Å². The van der Waals surface area contributed by atoms with E-state index in [1.807, 2.05) is 6.07 Å². The Hall–Kier alpha value is -1.67. The second-order valence-electron chi connectivity index (χ2n) is 2.90. The molecule has 0 saturated heterocycles. The Labute approximate surface area is 101 Å². The van der Waals surface area contributed by atoms with Gasteiger partial charge in [0.2, 0.25) is 0 Å². The first-order valence-corrected chi connectivity index (χ1v) is 5.47. The number of aldehydes is 1. The van der Waals surface area contributed by atoms with Gasteiger partial charge < -0.3 is 4.74 Å². The number of carbonyl (C=O) groups excluding carboxylic acids is 2. The van der Waals surface area contributed by atoms with Gasteiger partial charge in [-0.25, -0.2) is 0 Å². The summed E-state index contributed by atoms with van der Waals surface area (Å²) in [7, 11) is 1.36. The van der Waals surface area contributed by atoms with Crippen LogP contribution in [0.2, 0.25) is 0 Å². The van der Waals surface area contributed by atoms with E-state index < -0.39 is 0 Å². The zero-order valence-electron chi connectivity index (χ0n) is 8.49. The number of nitriles is 1. The Kier molecular flexibility index (Phi) is 4.20. The van der Waals surface area contributed by atoms with Crippen molar-refractivity contribution in [1.82, 2.24) is 0 Å². The Balaban J connectivity index is 3.56. The van der Waals surface area contributed by atoms with Crippen molar-refractivity contribution < 1.29 is 14.3 Å². The summed E-state index contributed by atoms with van der Waals surface area (Å²) in [5.41, 5.74) is 0.601. The number of hydrogen-bond donors (Lipinski definition) is 0. The van der Waals surface area contributed by atoms with E-state index in [0.29, 0.717) is 6.29 Å². The number of methoxy groups -OCH3 is 1. The highest BCUT2D eigenvalue weighted by Crippen LogP contribution is 2.26. The number of ether oxygens (including phenoxy) is 1. The van der Waals surface area contributed by atoms with Crippen LogP contribution < -0.4 is 4.74 Å². The molecule has 16 heavy (non-hydrogen) atoms. The number of carbonyl (C=O) groups is 2. The molecule has 1 aromatic rings. The Morgan fingerprint density at radius 1 is 1.62 bits per heavy atom. The second-order valence-corrected chi connectivity index (χ2v) is 3.46. The van der Waals surface area contributed by atoms with Crippen molar-refractivity contribution in [2.45, 2.75) is 0 Å². The molecular weight excluding hydrogens is 274 g/mol. The fraction of sp³-hybridized carbons (Fsp3) is 0.182. The van der Waals surface area contributed by atoms with Crippen LogP contribution in [0, 0.1) is 11.3 Å². The molecule has 0 spiro atoms. The molecule has 0 aromatic heterocycles. The summed E-state index contributed by atoms with van der Waals surface area (Å²) in [6.07, 6.45) is 0.588. The lowest BCUT2D eigenvalue weighted by Gasteiger charge is -2.10. The normalized spacial score (nSPS) is 9.31. The lowest BCUT2D eigenvalue weighted by Crippen LogP contribution is -2.08. The molecule has 0 unspecified atom stereocenters. The molecule has 5 heteroatoms. The zero-order valence-corrected chi connectivity index (χ0v) is 10.1. The van der Waals surface area contributed by atoms with Crippen LogP contribution in [-0.4, -0.2) is 24.5 Å². The van der Waals surface area contributed by atoms with E-state index in [1.54, 1.807) is 0 Å². The van der Waals surface area contributed by atoms with Gasteiger partial charge in [0, 0.05) is 0 Å². The Morgan fingerprint density at radius 3 is 2.75 bits per heavy atom. The number of ketones is 1. The summed E-state index contributed by atoms with van der Waals surface area (Å²) in [5.74, 6) is -0.143. The summed E-state index contributed by atoms with van der Waals surface area (Å²) in [6, 6.07) is 4.79. The van der Waals surface area contributed by atoms with Crippen LogP contribution >= 0.6 is 15.9 Å². The fourth-order valence-electron chi connectivity index (χ4n) is 1.35. The molecule has 0 atom stereocenters. The topological polar surface area (TPSA) is 67.2 Å². The first kappa shape index (κ1) is 12.4. The summed E-state index contributed by atoms with van der Waals surface area (Å²) < 4.78 is 5.01. The average molecular weight is 282 g/mol. The van der Waals surface area contributed by atoms with E-state index >= 15 is 0 Å². The predicted molar refractivity (Wildman–Crippen MR) is 61.2 cm³/mol. The van der Waals surface area contributed by atoms with Crippen LogP contribution in [0.3, 0.4) is 0 Å². The summed E-state index contributed by atoms with van der Waals surface area (Å²) in [4.78, 5) is 22.4. The smallest absolute Gasteiger partial charge is 0.178 e. The van der Waals surface area contributed by atoms with E-state index in [2.05, 4.69) is 15.9 Å². The van der Waals surface area contributed by atoms with Crippen molar-refractivity contribution >= 4 is 28.0 Å². The number of Topliss-reactive ketones (excluding diaryl/α,β-unsaturated/α-hetero) is 1. The largest absolute Gasteiger partial charge is 0.495 e. The van der Waals surface area contributed by atoms with Gasteiger partial charge in [-0.05, 0) is 12.1 Å². The minimum atomic E-state index is -0.294. The maximum Gasteiger partial charge on any atom is 0.178 e. The van der Waals surface area contributed by atoms with E-state index in [-0.39, 0.29) is 33.6 Å². The number of nitrogens with zero attached hydrogens (tertiary/aromatic N) is 1. The van der Waals surface area contributed by atoms with Crippen molar-refractivity contribution in [3.8, 4) is 11.8 Å². The highest BCUT2D eigenvalue weighted by molar-refractivity contribution is 9.09. The number of hydrogen-bond acceptors (Lipinski definition) is 4. The van der Waals surface area contributed by atoms with Crippen LogP contribution in [0.1, 0.15) is 26.3 Å². The quantitative estimate of drug-likeness (QED) is 0.481. The average Bonchev–Trinajstić information content (AvgIpc) is 2.35. The van der Waals surface area contributed by atoms with Gasteiger partial charge in [-0.1, -0.05) is 15.9 Å². The number of halogens is 1. The summed E-state index contributed by atoms with van der Waals surface area (Å²) in [5, 5.41) is 8.95. The molecule has 0 aliphatic carbocycles. The van der Waals surface area contributed by atoms with Gasteiger partial charge in [0.05, 0.1) is 29.1 Å². The van der Waals surface area contributed by atoms with Gasteiger partial charge in [0.15, 0.2) is 12.1 Å². The standard InChI is InChI=1S/C11H8BrNO3/c1-16-11-8(6-14)3-2-7(5-13)10(11)9(15)4-12/h2-3,6H,4H2,1H3. The van der Waals surface area contributed by atoms with Crippen LogP contribution in [0.4, 0.5) is 0 Å². The van der Waals surface area contributed by atoms with Crippen molar-refractivity contribution in [2.75, 3.05) is 12.4 Å². The molecule has 0 aliphatic heterocycles. The lowest BCUT2D eigenvalue weighted by atomic mass is 10.0.